The third-order valence-corrected chi connectivity index (χ3v) is 7.37. The number of hydrogen-bond acceptors (Lipinski definition) is 4. The molecule has 0 bridgehead atoms. The van der Waals surface area contributed by atoms with Gasteiger partial charge in [0.05, 0.1) is 5.92 Å². The first-order valence-corrected chi connectivity index (χ1v) is 12.7. The standard InChI is InChI=1S/C27H50O7/c1-10-13-23(4,5)16-19(20(28)29)27(34,22(32)33)26(21(30)31,17-24(6,7)14-11-2)18-25(8,9)15-12-3/h19,34H,10-18H2,1-9H3,(H,28,29)(H,30,31)(H,32,33). The zero-order valence-corrected chi connectivity index (χ0v) is 23.0. The summed E-state index contributed by atoms with van der Waals surface area (Å²) in [6.07, 6.45) is 3.68. The highest BCUT2D eigenvalue weighted by Crippen LogP contribution is 2.55. The van der Waals surface area contributed by atoms with Crippen LogP contribution in [-0.2, 0) is 14.4 Å². The second-order valence-corrected chi connectivity index (χ2v) is 12.6. The Morgan fingerprint density at radius 1 is 0.647 bits per heavy atom. The number of rotatable bonds is 17. The molecular formula is C27H50O7. The van der Waals surface area contributed by atoms with E-state index in [-0.39, 0.29) is 19.3 Å². The molecule has 34 heavy (non-hydrogen) atoms. The lowest BCUT2D eigenvalue weighted by molar-refractivity contribution is -0.216. The maximum atomic E-state index is 13.1. The molecule has 0 amide bonds. The Morgan fingerprint density at radius 3 is 1.26 bits per heavy atom. The van der Waals surface area contributed by atoms with Crippen LogP contribution in [0, 0.1) is 27.6 Å². The molecule has 0 aliphatic carbocycles. The van der Waals surface area contributed by atoms with Crippen LogP contribution in [0.25, 0.3) is 0 Å². The lowest BCUT2D eigenvalue weighted by Crippen LogP contribution is -2.66. The summed E-state index contributed by atoms with van der Waals surface area (Å²) in [6, 6.07) is 0. The molecule has 0 fully saturated rings. The van der Waals surface area contributed by atoms with Gasteiger partial charge in [0.2, 0.25) is 0 Å². The van der Waals surface area contributed by atoms with Gasteiger partial charge in [0.1, 0.15) is 5.41 Å². The van der Waals surface area contributed by atoms with Crippen LogP contribution in [0.3, 0.4) is 0 Å². The quantitative estimate of drug-likeness (QED) is 0.192. The van der Waals surface area contributed by atoms with Crippen LogP contribution in [-0.4, -0.2) is 43.9 Å². The molecule has 2 atom stereocenters. The highest BCUT2D eigenvalue weighted by Gasteiger charge is 2.68. The molecule has 0 aliphatic heterocycles. The van der Waals surface area contributed by atoms with Crippen molar-refractivity contribution in [2.75, 3.05) is 0 Å². The monoisotopic (exact) mass is 486 g/mol. The number of hydrogen-bond donors (Lipinski definition) is 4. The van der Waals surface area contributed by atoms with Crippen molar-refractivity contribution >= 4 is 17.9 Å². The van der Waals surface area contributed by atoms with Crippen molar-refractivity contribution in [2.45, 2.75) is 126 Å². The highest BCUT2D eigenvalue weighted by molar-refractivity contribution is 5.93. The Hall–Kier alpha value is -1.63. The molecule has 0 heterocycles. The molecule has 7 nitrogen and oxygen atoms in total. The van der Waals surface area contributed by atoms with E-state index < -0.39 is 51.1 Å². The molecule has 0 aromatic rings. The zero-order valence-electron chi connectivity index (χ0n) is 23.0. The predicted octanol–water partition coefficient (Wildman–Crippen LogP) is 6.22. The molecule has 200 valence electrons. The Kier molecular flexibility index (Phi) is 11.3. The van der Waals surface area contributed by atoms with Gasteiger partial charge in [-0.1, -0.05) is 81.6 Å². The molecule has 0 saturated carbocycles. The molecule has 0 spiro atoms. The topological polar surface area (TPSA) is 132 Å². The SMILES string of the molecule is CCCC(C)(C)CC(C(=O)O)C(O)(C(=O)O)C(CC(C)(C)CCC)(CC(C)(C)CCC)C(=O)O. The van der Waals surface area contributed by atoms with Gasteiger partial charge < -0.3 is 20.4 Å². The lowest BCUT2D eigenvalue weighted by atomic mass is 9.52. The van der Waals surface area contributed by atoms with E-state index in [2.05, 4.69) is 0 Å². The van der Waals surface area contributed by atoms with Crippen LogP contribution < -0.4 is 0 Å². The molecule has 0 rings (SSSR count). The normalized spacial score (nSPS) is 16.1. The largest absolute Gasteiger partial charge is 0.481 e. The fourth-order valence-corrected chi connectivity index (χ4v) is 6.24. The van der Waals surface area contributed by atoms with Crippen molar-refractivity contribution in [1.82, 2.24) is 0 Å². The van der Waals surface area contributed by atoms with Crippen molar-refractivity contribution < 1.29 is 34.8 Å². The van der Waals surface area contributed by atoms with Crippen molar-refractivity contribution in [3.8, 4) is 0 Å². The number of aliphatic hydroxyl groups is 1. The second-order valence-electron chi connectivity index (χ2n) is 12.6. The van der Waals surface area contributed by atoms with Gasteiger partial charge in [0, 0.05) is 0 Å². The molecule has 0 radical (unpaired) electrons. The summed E-state index contributed by atoms with van der Waals surface area (Å²) < 4.78 is 0. The molecule has 4 N–H and O–H groups in total. The van der Waals surface area contributed by atoms with Crippen LogP contribution in [0.15, 0.2) is 0 Å². The second kappa shape index (κ2) is 11.9. The van der Waals surface area contributed by atoms with Crippen molar-refractivity contribution in [3.63, 3.8) is 0 Å². The first-order chi connectivity index (χ1) is 15.3. The minimum absolute atomic E-state index is 0.142. The first kappa shape index (κ1) is 32.4. The highest BCUT2D eigenvalue weighted by atomic mass is 16.4. The minimum atomic E-state index is -2.99. The number of aliphatic carboxylic acids is 3. The molecular weight excluding hydrogens is 436 g/mol. The van der Waals surface area contributed by atoms with Crippen LogP contribution in [0.4, 0.5) is 0 Å². The van der Waals surface area contributed by atoms with E-state index in [1.165, 1.54) is 0 Å². The minimum Gasteiger partial charge on any atom is -0.481 e. The molecule has 0 aliphatic rings. The van der Waals surface area contributed by atoms with Gasteiger partial charge in [-0.25, -0.2) is 4.79 Å². The average molecular weight is 487 g/mol. The summed E-state index contributed by atoms with van der Waals surface area (Å²) in [6.45, 7) is 17.0. The van der Waals surface area contributed by atoms with Gasteiger partial charge in [0.25, 0.3) is 0 Å². The summed E-state index contributed by atoms with van der Waals surface area (Å²) in [5.74, 6) is -6.50. The van der Waals surface area contributed by atoms with Crippen LogP contribution in [0.5, 0.6) is 0 Å². The Bertz CT molecular complexity index is 688. The summed E-state index contributed by atoms with van der Waals surface area (Å²) in [5, 5.41) is 43.4. The molecule has 0 aromatic carbocycles. The first-order valence-electron chi connectivity index (χ1n) is 12.7. The number of carboxylic acids is 3. The fourth-order valence-electron chi connectivity index (χ4n) is 6.24. The molecule has 0 saturated heterocycles. The summed E-state index contributed by atoms with van der Waals surface area (Å²) in [7, 11) is 0. The maximum Gasteiger partial charge on any atom is 0.337 e. The van der Waals surface area contributed by atoms with E-state index in [9.17, 15) is 34.8 Å². The summed E-state index contributed by atoms with van der Waals surface area (Å²) in [4.78, 5) is 38.6. The van der Waals surface area contributed by atoms with E-state index in [4.69, 9.17) is 0 Å². The third kappa shape index (κ3) is 7.69. The van der Waals surface area contributed by atoms with Crippen molar-refractivity contribution in [2.24, 2.45) is 27.6 Å². The van der Waals surface area contributed by atoms with E-state index in [0.29, 0.717) is 19.3 Å². The lowest BCUT2D eigenvalue weighted by Gasteiger charge is -2.51. The van der Waals surface area contributed by atoms with E-state index in [0.717, 1.165) is 19.3 Å². The van der Waals surface area contributed by atoms with E-state index in [1.54, 1.807) is 0 Å². The maximum absolute atomic E-state index is 13.1. The van der Waals surface area contributed by atoms with Gasteiger partial charge in [-0.3, -0.25) is 9.59 Å². The summed E-state index contributed by atoms with van der Waals surface area (Å²) >= 11 is 0. The summed E-state index contributed by atoms with van der Waals surface area (Å²) in [5.41, 5.74) is -7.03. The van der Waals surface area contributed by atoms with E-state index in [1.807, 2.05) is 62.3 Å². The Labute approximate surface area is 206 Å². The molecule has 2 unspecified atom stereocenters. The van der Waals surface area contributed by atoms with Crippen LogP contribution in [0.1, 0.15) is 120 Å². The Balaban J connectivity index is 7.31. The smallest absolute Gasteiger partial charge is 0.337 e. The van der Waals surface area contributed by atoms with Crippen LogP contribution >= 0.6 is 0 Å². The number of carbonyl (C=O) groups is 3. The van der Waals surface area contributed by atoms with Crippen molar-refractivity contribution in [3.05, 3.63) is 0 Å². The van der Waals surface area contributed by atoms with Crippen LogP contribution in [0.2, 0.25) is 0 Å². The van der Waals surface area contributed by atoms with Crippen molar-refractivity contribution in [1.29, 1.82) is 0 Å². The van der Waals surface area contributed by atoms with Gasteiger partial charge >= 0.3 is 17.9 Å². The average Bonchev–Trinajstić information content (AvgIpc) is 2.63. The Morgan fingerprint density at radius 2 is 1.00 bits per heavy atom. The zero-order chi connectivity index (χ0) is 27.2. The molecule has 7 heteroatoms. The van der Waals surface area contributed by atoms with Gasteiger partial charge in [-0.15, -0.1) is 0 Å². The predicted molar refractivity (Wildman–Crippen MR) is 134 cm³/mol. The number of carboxylic acid groups (broad SMARTS) is 3. The van der Waals surface area contributed by atoms with Gasteiger partial charge in [-0.05, 0) is 54.8 Å². The molecule has 0 aromatic heterocycles. The fraction of sp³-hybridized carbons (Fsp3) is 0.889. The van der Waals surface area contributed by atoms with Gasteiger partial charge in [0.15, 0.2) is 5.60 Å². The third-order valence-electron chi connectivity index (χ3n) is 7.37. The van der Waals surface area contributed by atoms with Gasteiger partial charge in [-0.2, -0.15) is 0 Å². The van der Waals surface area contributed by atoms with E-state index >= 15 is 0 Å².